The van der Waals surface area contributed by atoms with Crippen LogP contribution in [0.1, 0.15) is 18.1 Å². The molecule has 132 valence electrons. The lowest BCUT2D eigenvalue weighted by Crippen LogP contribution is -2.37. The van der Waals surface area contributed by atoms with E-state index in [-0.39, 0.29) is 24.0 Å². The van der Waals surface area contributed by atoms with Gasteiger partial charge >= 0.3 is 0 Å². The average molecular weight is 449 g/mol. The summed E-state index contributed by atoms with van der Waals surface area (Å²) in [7, 11) is 0. The van der Waals surface area contributed by atoms with Gasteiger partial charge in [0.25, 0.3) is 0 Å². The van der Waals surface area contributed by atoms with Crippen LogP contribution in [0.5, 0.6) is 5.75 Å². The maximum Gasteiger partial charge on any atom is 0.192 e. The molecule has 0 fully saturated rings. The highest BCUT2D eigenvalue weighted by Crippen LogP contribution is 2.20. The van der Waals surface area contributed by atoms with Crippen molar-refractivity contribution in [3.63, 3.8) is 0 Å². The van der Waals surface area contributed by atoms with Crippen molar-refractivity contribution >= 4 is 29.9 Å². The van der Waals surface area contributed by atoms with Gasteiger partial charge in [0, 0.05) is 12.1 Å². The number of hydrogen-bond donors (Lipinski definition) is 2. The molecular weight excluding hydrogens is 425 g/mol. The molecule has 2 aromatic carbocycles. The van der Waals surface area contributed by atoms with E-state index in [0.29, 0.717) is 25.7 Å². The monoisotopic (exact) mass is 449 g/mol. The fourth-order valence-electron chi connectivity index (χ4n) is 2.15. The highest BCUT2D eigenvalue weighted by Gasteiger charge is 2.04. The van der Waals surface area contributed by atoms with Crippen molar-refractivity contribution in [2.45, 2.75) is 20.1 Å². The summed E-state index contributed by atoms with van der Waals surface area (Å²) in [6, 6.07) is 18.1. The Balaban J connectivity index is 0.00000312. The van der Waals surface area contributed by atoms with Crippen LogP contribution in [-0.2, 0) is 13.2 Å². The molecule has 0 amide bonds. The molecule has 2 rings (SSSR count). The van der Waals surface area contributed by atoms with E-state index in [1.165, 1.54) is 0 Å². The summed E-state index contributed by atoms with van der Waals surface area (Å²) < 4.78 is 5.95. The van der Waals surface area contributed by atoms with Crippen LogP contribution in [0.4, 0.5) is 0 Å². The quantitative estimate of drug-likeness (QED) is 0.294. The minimum Gasteiger partial charge on any atom is -0.489 e. The summed E-state index contributed by atoms with van der Waals surface area (Å²) in [5.74, 6) is 4.10. The van der Waals surface area contributed by atoms with Gasteiger partial charge in [-0.2, -0.15) is 0 Å². The second kappa shape index (κ2) is 12.2. The number of aliphatic imine (C=N–C) groups is 1. The zero-order valence-corrected chi connectivity index (χ0v) is 16.7. The topological polar surface area (TPSA) is 45.7 Å². The number of ether oxygens (including phenoxy) is 1. The van der Waals surface area contributed by atoms with E-state index < -0.39 is 0 Å². The molecule has 0 radical (unpaired) electrons. The van der Waals surface area contributed by atoms with E-state index in [1.807, 2.05) is 61.5 Å². The van der Waals surface area contributed by atoms with Crippen LogP contribution in [0.25, 0.3) is 0 Å². The summed E-state index contributed by atoms with van der Waals surface area (Å²) in [6.07, 6.45) is 5.28. The first-order chi connectivity index (χ1) is 11.8. The zero-order valence-electron chi connectivity index (χ0n) is 14.4. The molecule has 5 heteroatoms. The molecule has 0 spiro atoms. The van der Waals surface area contributed by atoms with Crippen LogP contribution in [0.2, 0.25) is 0 Å². The van der Waals surface area contributed by atoms with Gasteiger partial charge in [-0.25, -0.2) is 4.99 Å². The lowest BCUT2D eigenvalue weighted by atomic mass is 10.2. The summed E-state index contributed by atoms with van der Waals surface area (Å²) in [5, 5.41) is 6.25. The van der Waals surface area contributed by atoms with Crippen LogP contribution in [0.3, 0.4) is 0 Å². The van der Waals surface area contributed by atoms with Crippen LogP contribution in [-0.4, -0.2) is 19.0 Å². The maximum atomic E-state index is 5.95. The minimum atomic E-state index is 0. The smallest absolute Gasteiger partial charge is 0.192 e. The molecule has 0 bridgehead atoms. The van der Waals surface area contributed by atoms with Crippen LogP contribution < -0.4 is 15.4 Å². The highest BCUT2D eigenvalue weighted by atomic mass is 127. The maximum absolute atomic E-state index is 5.95. The Kier molecular flexibility index (Phi) is 10.2. The summed E-state index contributed by atoms with van der Waals surface area (Å²) in [6.45, 7) is 4.30. The Bertz CT molecular complexity index is 696. The van der Waals surface area contributed by atoms with Gasteiger partial charge in [-0.05, 0) is 18.6 Å². The number of rotatable bonds is 7. The van der Waals surface area contributed by atoms with Crippen molar-refractivity contribution in [3.05, 3.63) is 65.7 Å². The fraction of sp³-hybridized carbons (Fsp3) is 0.250. The van der Waals surface area contributed by atoms with E-state index in [0.717, 1.165) is 23.4 Å². The van der Waals surface area contributed by atoms with Crippen molar-refractivity contribution < 1.29 is 4.74 Å². The Morgan fingerprint density at radius 1 is 1.08 bits per heavy atom. The highest BCUT2D eigenvalue weighted by molar-refractivity contribution is 14.0. The van der Waals surface area contributed by atoms with Gasteiger partial charge in [-0.15, -0.1) is 30.4 Å². The largest absolute Gasteiger partial charge is 0.489 e. The zero-order chi connectivity index (χ0) is 17.0. The van der Waals surface area contributed by atoms with Crippen molar-refractivity contribution in [3.8, 4) is 18.1 Å². The summed E-state index contributed by atoms with van der Waals surface area (Å²) >= 11 is 0. The van der Waals surface area contributed by atoms with Crippen LogP contribution in [0, 0.1) is 12.3 Å². The number of benzene rings is 2. The number of guanidine groups is 1. The van der Waals surface area contributed by atoms with Crippen molar-refractivity contribution in [1.82, 2.24) is 10.6 Å². The third kappa shape index (κ3) is 7.48. The molecule has 2 N–H and O–H groups in total. The number of para-hydroxylation sites is 1. The molecule has 0 atom stereocenters. The molecule has 0 heterocycles. The number of hydrogen-bond acceptors (Lipinski definition) is 2. The van der Waals surface area contributed by atoms with Gasteiger partial charge in [0.1, 0.15) is 12.4 Å². The predicted octanol–water partition coefficient (Wildman–Crippen LogP) is 3.57. The van der Waals surface area contributed by atoms with Gasteiger partial charge in [0.2, 0.25) is 0 Å². The summed E-state index contributed by atoms with van der Waals surface area (Å²) in [5.41, 5.74) is 2.17. The molecule has 0 unspecified atom stereocenters. The van der Waals surface area contributed by atoms with Gasteiger partial charge in [-0.1, -0.05) is 54.5 Å². The lowest BCUT2D eigenvalue weighted by Gasteiger charge is -2.12. The Morgan fingerprint density at radius 2 is 1.80 bits per heavy atom. The molecule has 0 aromatic heterocycles. The second-order valence-corrected chi connectivity index (χ2v) is 5.13. The van der Waals surface area contributed by atoms with E-state index in [4.69, 9.17) is 11.2 Å². The molecule has 0 aliphatic carbocycles. The molecule has 0 saturated carbocycles. The molecule has 0 aliphatic rings. The first kappa shape index (κ1) is 20.8. The van der Waals surface area contributed by atoms with E-state index in [1.54, 1.807) is 0 Å². The fourth-order valence-corrected chi connectivity index (χ4v) is 2.15. The van der Waals surface area contributed by atoms with Crippen molar-refractivity contribution in [2.75, 3.05) is 13.1 Å². The molecular formula is C20H24IN3O. The van der Waals surface area contributed by atoms with Gasteiger partial charge < -0.3 is 15.4 Å². The van der Waals surface area contributed by atoms with Crippen LogP contribution >= 0.6 is 24.0 Å². The third-order valence-electron chi connectivity index (χ3n) is 3.32. The van der Waals surface area contributed by atoms with Crippen molar-refractivity contribution in [1.29, 1.82) is 0 Å². The molecule has 25 heavy (non-hydrogen) atoms. The lowest BCUT2D eigenvalue weighted by molar-refractivity contribution is 0.303. The van der Waals surface area contributed by atoms with Gasteiger partial charge in [0.15, 0.2) is 5.96 Å². The molecule has 4 nitrogen and oxygen atoms in total. The molecule has 2 aromatic rings. The first-order valence-electron chi connectivity index (χ1n) is 8.03. The number of nitrogens with zero attached hydrogens (tertiary/aromatic N) is 1. The SMILES string of the molecule is C#CCNC(=NCc1ccccc1OCc1ccccc1)NCC.I. The number of halogens is 1. The molecule has 0 aliphatic heterocycles. The van der Waals surface area contributed by atoms with E-state index in [9.17, 15) is 0 Å². The Morgan fingerprint density at radius 3 is 2.52 bits per heavy atom. The van der Waals surface area contributed by atoms with Gasteiger partial charge in [0.05, 0.1) is 13.1 Å². The average Bonchev–Trinajstić information content (AvgIpc) is 2.64. The normalized spacial score (nSPS) is 10.3. The standard InChI is InChI=1S/C20H23N3O.HI/c1-3-14-22-20(21-4-2)23-15-18-12-8-9-13-19(18)24-16-17-10-6-5-7-11-17;/h1,5-13H,4,14-16H2,2H3,(H2,21,22,23);1H. The summed E-state index contributed by atoms with van der Waals surface area (Å²) in [4.78, 5) is 4.56. The number of nitrogens with one attached hydrogen (secondary N) is 2. The third-order valence-corrected chi connectivity index (χ3v) is 3.32. The van der Waals surface area contributed by atoms with Gasteiger partial charge in [-0.3, -0.25) is 0 Å². The van der Waals surface area contributed by atoms with Crippen molar-refractivity contribution in [2.24, 2.45) is 4.99 Å². The predicted molar refractivity (Wildman–Crippen MR) is 114 cm³/mol. The van der Waals surface area contributed by atoms with E-state index in [2.05, 4.69) is 21.5 Å². The first-order valence-corrected chi connectivity index (χ1v) is 8.03. The Hall–Kier alpha value is -2.20. The molecule has 0 saturated heterocycles. The number of terminal acetylenes is 1. The minimum absolute atomic E-state index is 0. The second-order valence-electron chi connectivity index (χ2n) is 5.13. The van der Waals surface area contributed by atoms with E-state index >= 15 is 0 Å². The Labute approximate surface area is 167 Å². The van der Waals surface area contributed by atoms with Crippen LogP contribution in [0.15, 0.2) is 59.6 Å².